The molecule has 2 atom stereocenters. The molecular formula is C17H20N2O4S. The zero-order valence-electron chi connectivity index (χ0n) is 13.5. The first-order valence-electron chi connectivity index (χ1n) is 7.65. The van der Waals surface area contributed by atoms with E-state index < -0.39 is 15.9 Å². The highest BCUT2D eigenvalue weighted by atomic mass is 32.2. The maximum absolute atomic E-state index is 12.7. The molecular weight excluding hydrogens is 328 g/mol. The third-order valence-corrected chi connectivity index (χ3v) is 5.65. The monoisotopic (exact) mass is 348 g/mol. The fourth-order valence-corrected chi connectivity index (χ4v) is 4.41. The molecule has 0 N–H and O–H groups in total. The molecule has 1 aromatic rings. The quantitative estimate of drug-likeness (QED) is 0.728. The van der Waals surface area contributed by atoms with Crippen LogP contribution in [0.4, 0.5) is 0 Å². The number of nitrogens with zero attached hydrogens (tertiary/aromatic N) is 2. The molecule has 7 heteroatoms. The van der Waals surface area contributed by atoms with Crippen molar-refractivity contribution < 1.29 is 17.9 Å². The van der Waals surface area contributed by atoms with Crippen molar-refractivity contribution >= 4 is 15.7 Å². The number of amides is 1. The molecule has 0 aliphatic carbocycles. The predicted octanol–water partition coefficient (Wildman–Crippen LogP) is 1.53. The largest absolute Gasteiger partial charge is 0.481 e. The standard InChI is InChI=1S/C17H20N2O4S/c1-3-9-19(15-8-10-24(21,22)12-15)17(20)13(2)23-16-6-4-14(11-18)5-7-16/h3-7,13,15H,1,8-10,12H2,2H3/t13-,15-/m0/s1. The first kappa shape index (κ1) is 18.0. The molecule has 0 bridgehead atoms. The van der Waals surface area contributed by atoms with Crippen molar-refractivity contribution in [2.45, 2.75) is 25.5 Å². The van der Waals surface area contributed by atoms with Gasteiger partial charge in [0.25, 0.3) is 5.91 Å². The van der Waals surface area contributed by atoms with E-state index in [9.17, 15) is 13.2 Å². The first-order valence-corrected chi connectivity index (χ1v) is 9.47. The topological polar surface area (TPSA) is 87.5 Å². The van der Waals surface area contributed by atoms with Crippen molar-refractivity contribution in [2.75, 3.05) is 18.1 Å². The highest BCUT2D eigenvalue weighted by Crippen LogP contribution is 2.20. The molecule has 0 radical (unpaired) electrons. The molecule has 128 valence electrons. The lowest BCUT2D eigenvalue weighted by Crippen LogP contribution is -2.47. The molecule has 6 nitrogen and oxygen atoms in total. The second-order valence-corrected chi connectivity index (χ2v) is 7.96. The number of carbonyl (C=O) groups excluding carboxylic acids is 1. The van der Waals surface area contributed by atoms with E-state index in [0.717, 1.165) is 0 Å². The Balaban J connectivity index is 2.07. The van der Waals surface area contributed by atoms with Crippen LogP contribution in [0.2, 0.25) is 0 Å². The van der Waals surface area contributed by atoms with E-state index in [4.69, 9.17) is 10.00 Å². The molecule has 1 fully saturated rings. The lowest BCUT2D eigenvalue weighted by atomic mass is 10.2. The van der Waals surface area contributed by atoms with E-state index in [-0.39, 0.29) is 30.0 Å². The van der Waals surface area contributed by atoms with Crippen molar-refractivity contribution in [3.63, 3.8) is 0 Å². The van der Waals surface area contributed by atoms with E-state index in [1.165, 1.54) is 4.90 Å². The zero-order valence-corrected chi connectivity index (χ0v) is 14.3. The van der Waals surface area contributed by atoms with Crippen LogP contribution in [-0.4, -0.2) is 49.4 Å². The summed E-state index contributed by atoms with van der Waals surface area (Å²) in [6.45, 7) is 5.54. The van der Waals surface area contributed by atoms with Gasteiger partial charge in [-0.3, -0.25) is 4.79 Å². The summed E-state index contributed by atoms with van der Waals surface area (Å²) in [6, 6.07) is 8.14. The maximum atomic E-state index is 12.7. The normalized spacial score (nSPS) is 19.9. The summed E-state index contributed by atoms with van der Waals surface area (Å²) in [4.78, 5) is 14.2. The van der Waals surface area contributed by atoms with Gasteiger partial charge in [0.05, 0.1) is 23.1 Å². The molecule has 1 saturated heterocycles. The summed E-state index contributed by atoms with van der Waals surface area (Å²) in [5, 5.41) is 8.78. The van der Waals surface area contributed by atoms with Gasteiger partial charge in [0.2, 0.25) is 0 Å². The number of benzene rings is 1. The number of rotatable bonds is 6. The number of ether oxygens (including phenoxy) is 1. The second kappa shape index (κ2) is 7.49. The van der Waals surface area contributed by atoms with Gasteiger partial charge in [-0.25, -0.2) is 8.42 Å². The number of carbonyl (C=O) groups is 1. The molecule has 1 aromatic carbocycles. The van der Waals surface area contributed by atoms with E-state index in [1.807, 2.05) is 6.07 Å². The Labute approximate surface area is 142 Å². The van der Waals surface area contributed by atoms with Crippen molar-refractivity contribution in [1.82, 2.24) is 4.90 Å². The molecule has 0 unspecified atom stereocenters. The average molecular weight is 348 g/mol. The van der Waals surface area contributed by atoms with Crippen LogP contribution >= 0.6 is 0 Å². The second-order valence-electron chi connectivity index (χ2n) is 5.73. The Morgan fingerprint density at radius 2 is 2.17 bits per heavy atom. The maximum Gasteiger partial charge on any atom is 0.263 e. The lowest BCUT2D eigenvalue weighted by Gasteiger charge is -2.29. The average Bonchev–Trinajstić information content (AvgIpc) is 2.92. The Bertz CT molecular complexity index is 750. The van der Waals surface area contributed by atoms with Crippen molar-refractivity contribution in [1.29, 1.82) is 5.26 Å². The van der Waals surface area contributed by atoms with Gasteiger partial charge in [-0.15, -0.1) is 6.58 Å². The highest BCUT2D eigenvalue weighted by molar-refractivity contribution is 7.91. The molecule has 1 amide bonds. The van der Waals surface area contributed by atoms with Crippen LogP contribution in [-0.2, 0) is 14.6 Å². The Kier molecular flexibility index (Phi) is 5.62. The number of hydrogen-bond acceptors (Lipinski definition) is 5. The van der Waals surface area contributed by atoms with Gasteiger partial charge in [-0.2, -0.15) is 5.26 Å². The van der Waals surface area contributed by atoms with Crippen LogP contribution in [0.25, 0.3) is 0 Å². The molecule has 1 heterocycles. The molecule has 0 saturated carbocycles. The minimum absolute atomic E-state index is 0.0177. The Hall–Kier alpha value is -2.33. The fraction of sp³-hybridized carbons (Fsp3) is 0.412. The predicted molar refractivity (Wildman–Crippen MR) is 90.2 cm³/mol. The first-order chi connectivity index (χ1) is 11.4. The SMILES string of the molecule is C=CCN(C(=O)[C@H](C)Oc1ccc(C#N)cc1)[C@H]1CCS(=O)(=O)C1. The molecule has 1 aliphatic rings. The van der Waals surface area contributed by atoms with Crippen LogP contribution in [0.1, 0.15) is 18.9 Å². The van der Waals surface area contributed by atoms with Gasteiger partial charge in [0, 0.05) is 12.6 Å². The van der Waals surface area contributed by atoms with Gasteiger partial charge in [0.1, 0.15) is 5.75 Å². The van der Waals surface area contributed by atoms with Gasteiger partial charge in [-0.1, -0.05) is 6.08 Å². The van der Waals surface area contributed by atoms with Crippen LogP contribution in [0.5, 0.6) is 5.75 Å². The minimum Gasteiger partial charge on any atom is -0.481 e. The Morgan fingerprint density at radius 1 is 1.50 bits per heavy atom. The van der Waals surface area contributed by atoms with Crippen LogP contribution in [0, 0.1) is 11.3 Å². The smallest absolute Gasteiger partial charge is 0.263 e. The van der Waals surface area contributed by atoms with Crippen LogP contribution in [0.15, 0.2) is 36.9 Å². The van der Waals surface area contributed by atoms with E-state index in [1.54, 1.807) is 37.3 Å². The molecule has 0 spiro atoms. The summed E-state index contributed by atoms with van der Waals surface area (Å²) >= 11 is 0. The van der Waals surface area contributed by atoms with Crippen molar-refractivity contribution in [3.05, 3.63) is 42.5 Å². The lowest BCUT2D eigenvalue weighted by molar-refractivity contribution is -0.139. The van der Waals surface area contributed by atoms with Crippen molar-refractivity contribution in [3.8, 4) is 11.8 Å². The fourth-order valence-electron chi connectivity index (χ4n) is 2.68. The summed E-state index contributed by atoms with van der Waals surface area (Å²) in [5.74, 6) is 0.286. The number of sulfone groups is 1. The third kappa shape index (κ3) is 4.36. The molecule has 24 heavy (non-hydrogen) atoms. The van der Waals surface area contributed by atoms with Gasteiger partial charge in [0.15, 0.2) is 15.9 Å². The number of hydrogen-bond donors (Lipinski definition) is 0. The highest BCUT2D eigenvalue weighted by Gasteiger charge is 2.36. The zero-order chi connectivity index (χ0) is 17.7. The van der Waals surface area contributed by atoms with Gasteiger partial charge in [-0.05, 0) is 37.6 Å². The van der Waals surface area contributed by atoms with Crippen molar-refractivity contribution in [2.24, 2.45) is 0 Å². The molecule has 0 aromatic heterocycles. The van der Waals surface area contributed by atoms with Gasteiger partial charge < -0.3 is 9.64 Å². The van der Waals surface area contributed by atoms with E-state index >= 15 is 0 Å². The Morgan fingerprint density at radius 3 is 2.67 bits per heavy atom. The number of nitriles is 1. The summed E-state index contributed by atoms with van der Waals surface area (Å²) < 4.78 is 29.0. The molecule has 1 aliphatic heterocycles. The summed E-state index contributed by atoms with van der Waals surface area (Å²) in [7, 11) is -3.08. The summed E-state index contributed by atoms with van der Waals surface area (Å²) in [5.41, 5.74) is 0.505. The summed E-state index contributed by atoms with van der Waals surface area (Å²) in [6.07, 6.45) is 1.25. The molecule has 2 rings (SSSR count). The van der Waals surface area contributed by atoms with E-state index in [2.05, 4.69) is 6.58 Å². The van der Waals surface area contributed by atoms with Crippen LogP contribution in [0.3, 0.4) is 0 Å². The van der Waals surface area contributed by atoms with Gasteiger partial charge >= 0.3 is 0 Å². The van der Waals surface area contributed by atoms with E-state index in [0.29, 0.717) is 17.7 Å². The minimum atomic E-state index is -3.08. The third-order valence-electron chi connectivity index (χ3n) is 3.90. The van der Waals surface area contributed by atoms with Crippen LogP contribution < -0.4 is 4.74 Å².